The van der Waals surface area contributed by atoms with E-state index in [0.717, 1.165) is 0 Å². The number of nitro benzene ring substituents is 1. The predicted octanol–water partition coefficient (Wildman–Crippen LogP) is 2.65. The van der Waals surface area contributed by atoms with E-state index in [9.17, 15) is 15.2 Å². The van der Waals surface area contributed by atoms with Crippen molar-refractivity contribution in [1.29, 1.82) is 0 Å². The summed E-state index contributed by atoms with van der Waals surface area (Å²) < 4.78 is 17.1. The second-order valence-electron chi connectivity index (χ2n) is 8.26. The van der Waals surface area contributed by atoms with Gasteiger partial charge >= 0.3 is 0 Å². The number of fused-ring (bicyclic) bond motifs is 1. The Kier molecular flexibility index (Phi) is 6.90. The molecule has 0 unspecified atom stereocenters. The number of benzene rings is 2. The van der Waals surface area contributed by atoms with Crippen LogP contribution in [0, 0.1) is 10.1 Å². The van der Waals surface area contributed by atoms with Gasteiger partial charge in [0, 0.05) is 42.6 Å². The Morgan fingerprint density at radius 1 is 1.29 bits per heavy atom. The van der Waals surface area contributed by atoms with E-state index in [4.69, 9.17) is 25.8 Å². The van der Waals surface area contributed by atoms with Crippen molar-refractivity contribution in [2.24, 2.45) is 7.05 Å². The number of anilines is 1. The summed E-state index contributed by atoms with van der Waals surface area (Å²) in [6, 6.07) is 10.4. The van der Waals surface area contributed by atoms with Gasteiger partial charge in [0.25, 0.3) is 5.69 Å². The Morgan fingerprint density at radius 2 is 1.97 bits per heavy atom. The lowest BCUT2D eigenvalue weighted by Gasteiger charge is -2.49. The second-order valence-corrected chi connectivity index (χ2v) is 8.69. The summed E-state index contributed by atoms with van der Waals surface area (Å²) in [6.45, 7) is 1.79. The van der Waals surface area contributed by atoms with Crippen molar-refractivity contribution >= 4 is 23.0 Å². The van der Waals surface area contributed by atoms with Crippen molar-refractivity contribution in [3.63, 3.8) is 0 Å². The minimum Gasteiger partial charge on any atom is -0.479 e. The van der Waals surface area contributed by atoms with Gasteiger partial charge in [0.15, 0.2) is 17.7 Å². The first-order valence-electron chi connectivity index (χ1n) is 10.6. The molecule has 3 atom stereocenters. The van der Waals surface area contributed by atoms with Gasteiger partial charge in [-0.15, -0.1) is 10.2 Å². The number of aromatic nitrogens is 4. The molecule has 0 spiro atoms. The van der Waals surface area contributed by atoms with E-state index in [1.165, 1.54) is 37.2 Å². The molecule has 2 heterocycles. The van der Waals surface area contributed by atoms with Gasteiger partial charge in [0.2, 0.25) is 0 Å². The Morgan fingerprint density at radius 3 is 2.54 bits per heavy atom. The third-order valence-corrected chi connectivity index (χ3v) is 6.24. The fraction of sp³-hybridized carbons (Fsp3) is 0.409. The van der Waals surface area contributed by atoms with Gasteiger partial charge < -0.3 is 24.2 Å². The largest absolute Gasteiger partial charge is 0.479 e. The summed E-state index contributed by atoms with van der Waals surface area (Å²) in [7, 11) is 4.52. The lowest BCUT2D eigenvalue weighted by Crippen LogP contribution is -2.62. The van der Waals surface area contributed by atoms with Crippen molar-refractivity contribution in [2.75, 3.05) is 19.1 Å². The maximum absolute atomic E-state index is 11.8. The smallest absolute Gasteiger partial charge is 0.270 e. The number of nitrogens with zero attached hydrogens (tertiary/aromatic N) is 6. The summed E-state index contributed by atoms with van der Waals surface area (Å²) in [6.07, 6.45) is -2.22. The molecule has 12 nitrogen and oxygen atoms in total. The van der Waals surface area contributed by atoms with E-state index in [0.29, 0.717) is 27.8 Å². The standard InChI is InChI=1S/C22H25ClN6O6/c1-22(21(33-3)34-4)20(30)19(16-11-15(29(31)32)9-10-17(16)35-22)28(12-18-24-26-27(2)25-18)14-7-5-13(23)6-8-14/h5-11,19-21,30H,12H2,1-4H3/t19-,20-,22-/m1/s1. The second kappa shape index (κ2) is 9.74. The maximum atomic E-state index is 11.8. The van der Waals surface area contributed by atoms with Gasteiger partial charge in [-0.3, -0.25) is 10.1 Å². The molecule has 0 bridgehead atoms. The number of nitro groups is 1. The summed E-state index contributed by atoms with van der Waals surface area (Å²) in [5.41, 5.74) is -0.442. The van der Waals surface area contributed by atoms with E-state index in [1.54, 1.807) is 38.2 Å². The molecule has 2 aromatic carbocycles. The third kappa shape index (κ3) is 4.65. The molecular weight excluding hydrogens is 480 g/mol. The molecule has 1 N–H and O–H groups in total. The molecule has 0 aliphatic carbocycles. The first-order valence-corrected chi connectivity index (χ1v) is 11.0. The normalized spacial score (nSPS) is 21.5. The molecule has 1 aliphatic rings. The van der Waals surface area contributed by atoms with Gasteiger partial charge in [-0.05, 0) is 42.5 Å². The van der Waals surface area contributed by atoms with Crippen LogP contribution in [0.3, 0.4) is 0 Å². The van der Waals surface area contributed by atoms with Crippen molar-refractivity contribution in [3.8, 4) is 5.75 Å². The molecule has 0 amide bonds. The van der Waals surface area contributed by atoms with Crippen LogP contribution in [-0.4, -0.2) is 62.5 Å². The van der Waals surface area contributed by atoms with Crippen LogP contribution in [0.1, 0.15) is 24.4 Å². The van der Waals surface area contributed by atoms with Crippen molar-refractivity contribution in [3.05, 3.63) is 69.0 Å². The number of tetrazole rings is 1. The summed E-state index contributed by atoms with van der Waals surface area (Å²) in [5, 5.41) is 36.1. The van der Waals surface area contributed by atoms with Crippen LogP contribution in [0.4, 0.5) is 11.4 Å². The van der Waals surface area contributed by atoms with Gasteiger partial charge in [0.05, 0.1) is 24.6 Å². The topological polar surface area (TPSA) is 138 Å². The zero-order valence-corrected chi connectivity index (χ0v) is 20.3. The van der Waals surface area contributed by atoms with E-state index >= 15 is 0 Å². The number of hydrogen-bond acceptors (Lipinski definition) is 10. The molecule has 0 radical (unpaired) electrons. The van der Waals surface area contributed by atoms with E-state index < -0.39 is 29.0 Å². The average molecular weight is 505 g/mol. The van der Waals surface area contributed by atoms with E-state index in [-0.39, 0.29) is 12.2 Å². The van der Waals surface area contributed by atoms with E-state index in [2.05, 4.69) is 15.4 Å². The summed E-state index contributed by atoms with van der Waals surface area (Å²) in [4.78, 5) is 14.2. The number of hydrogen-bond donors (Lipinski definition) is 1. The zero-order chi connectivity index (χ0) is 25.3. The molecule has 13 heteroatoms. The highest BCUT2D eigenvalue weighted by atomic mass is 35.5. The van der Waals surface area contributed by atoms with Crippen LogP contribution in [0.5, 0.6) is 5.75 Å². The highest BCUT2D eigenvalue weighted by Gasteiger charge is 2.54. The van der Waals surface area contributed by atoms with Crippen LogP contribution in [0.2, 0.25) is 5.02 Å². The lowest BCUT2D eigenvalue weighted by molar-refractivity contribution is -0.385. The van der Waals surface area contributed by atoms with Crippen LogP contribution in [0.25, 0.3) is 0 Å². The van der Waals surface area contributed by atoms with E-state index in [1.807, 2.05) is 4.90 Å². The fourth-order valence-electron chi connectivity index (χ4n) is 4.37. The number of rotatable bonds is 8. The number of methoxy groups -OCH3 is 2. The van der Waals surface area contributed by atoms with Crippen molar-refractivity contribution < 1.29 is 24.2 Å². The Balaban J connectivity index is 1.92. The Bertz CT molecular complexity index is 1200. The van der Waals surface area contributed by atoms with Gasteiger partial charge in [-0.1, -0.05) is 11.6 Å². The molecular formula is C22H25ClN6O6. The van der Waals surface area contributed by atoms with Crippen LogP contribution < -0.4 is 9.64 Å². The number of non-ortho nitro benzene ring substituents is 1. The molecule has 0 saturated heterocycles. The number of halogens is 1. The zero-order valence-electron chi connectivity index (χ0n) is 19.5. The third-order valence-electron chi connectivity index (χ3n) is 5.99. The van der Waals surface area contributed by atoms with Crippen molar-refractivity contribution in [1.82, 2.24) is 20.2 Å². The number of aliphatic hydroxyl groups is 1. The molecule has 4 rings (SSSR count). The molecule has 35 heavy (non-hydrogen) atoms. The van der Waals surface area contributed by atoms with Crippen molar-refractivity contribution in [2.45, 2.75) is 37.5 Å². The molecule has 186 valence electrons. The quantitative estimate of drug-likeness (QED) is 0.276. The van der Waals surface area contributed by atoms with Gasteiger partial charge in [-0.25, -0.2) is 0 Å². The van der Waals surface area contributed by atoms with Crippen LogP contribution in [-0.2, 0) is 23.1 Å². The minimum atomic E-state index is -1.38. The monoisotopic (exact) mass is 504 g/mol. The molecule has 0 fully saturated rings. The molecule has 0 saturated carbocycles. The van der Waals surface area contributed by atoms with Crippen LogP contribution >= 0.6 is 11.6 Å². The number of ether oxygens (including phenoxy) is 3. The first kappa shape index (κ1) is 24.8. The lowest BCUT2D eigenvalue weighted by atomic mass is 9.83. The molecule has 3 aromatic rings. The molecule has 1 aliphatic heterocycles. The fourth-order valence-corrected chi connectivity index (χ4v) is 4.49. The minimum absolute atomic E-state index is 0.125. The number of aryl methyl sites for hydroxylation is 1. The highest BCUT2D eigenvalue weighted by Crippen LogP contribution is 2.47. The highest BCUT2D eigenvalue weighted by molar-refractivity contribution is 6.30. The van der Waals surface area contributed by atoms with Crippen LogP contribution in [0.15, 0.2) is 42.5 Å². The predicted molar refractivity (Wildman–Crippen MR) is 125 cm³/mol. The maximum Gasteiger partial charge on any atom is 0.270 e. The summed E-state index contributed by atoms with van der Waals surface area (Å²) >= 11 is 6.12. The Labute approximate surface area is 206 Å². The first-order chi connectivity index (χ1) is 16.7. The SMILES string of the molecule is COC(OC)[C@]1(C)Oc2ccc([N+](=O)[O-])cc2[C@@H](N(Cc2nnn(C)n2)c2ccc(Cl)cc2)[C@H]1O. The summed E-state index contributed by atoms with van der Waals surface area (Å²) in [5.74, 6) is 0.725. The molecule has 1 aromatic heterocycles. The van der Waals surface area contributed by atoms with Gasteiger partial charge in [0.1, 0.15) is 11.9 Å². The number of aliphatic hydroxyl groups excluding tert-OH is 1. The average Bonchev–Trinajstić information content (AvgIpc) is 3.24. The van der Waals surface area contributed by atoms with Gasteiger partial charge in [-0.2, -0.15) is 4.80 Å². The Hall–Kier alpha value is -3.32.